The molecule has 0 aliphatic rings. The summed E-state index contributed by atoms with van der Waals surface area (Å²) in [6.45, 7) is 0. The Balaban J connectivity index is 2.21. The van der Waals surface area contributed by atoms with E-state index in [2.05, 4.69) is 26.1 Å². The zero-order valence-corrected chi connectivity index (χ0v) is 12.4. The Kier molecular flexibility index (Phi) is 2.65. The van der Waals surface area contributed by atoms with Crippen molar-refractivity contribution >= 4 is 32.6 Å². The van der Waals surface area contributed by atoms with Crippen molar-refractivity contribution in [3.8, 4) is 5.69 Å². The van der Waals surface area contributed by atoms with E-state index in [0.29, 0.717) is 11.2 Å². The van der Waals surface area contributed by atoms with Crippen molar-refractivity contribution < 1.29 is 0 Å². The van der Waals surface area contributed by atoms with Crippen LogP contribution in [0.2, 0.25) is 0 Å². The summed E-state index contributed by atoms with van der Waals surface area (Å²) in [5.74, 6) is 0.501. The van der Waals surface area contributed by atoms with Gasteiger partial charge in [0.1, 0.15) is 6.33 Å². The molecule has 0 bridgehead atoms. The van der Waals surface area contributed by atoms with E-state index in [9.17, 15) is 4.79 Å². The molecule has 6 heteroatoms. The Bertz CT molecular complexity index is 1020. The van der Waals surface area contributed by atoms with Crippen LogP contribution in [0.1, 0.15) is 0 Å². The molecule has 0 saturated heterocycles. The molecular weight excluding hydrogens is 332 g/mol. The number of hydrogen-bond acceptors (Lipinski definition) is 3. The molecule has 0 atom stereocenters. The molecule has 2 aromatic carbocycles. The molecule has 102 valence electrons. The molecule has 0 aliphatic heterocycles. The van der Waals surface area contributed by atoms with Crippen LogP contribution in [0, 0.1) is 0 Å². The fourth-order valence-corrected chi connectivity index (χ4v) is 2.71. The quantitative estimate of drug-likeness (QED) is 0.535. The van der Waals surface area contributed by atoms with Crippen molar-refractivity contribution in [3.05, 3.63) is 69.7 Å². The van der Waals surface area contributed by atoms with E-state index >= 15 is 0 Å². The zero-order chi connectivity index (χ0) is 14.4. The summed E-state index contributed by atoms with van der Waals surface area (Å²) >= 11 is 3.40. The van der Waals surface area contributed by atoms with Gasteiger partial charge in [0.2, 0.25) is 5.78 Å². The summed E-state index contributed by atoms with van der Waals surface area (Å²) in [5, 5.41) is 8.67. The molecule has 5 nitrogen and oxygen atoms in total. The minimum atomic E-state index is -0.103. The van der Waals surface area contributed by atoms with E-state index in [1.165, 1.54) is 0 Å². The first-order valence-corrected chi connectivity index (χ1v) is 7.14. The largest absolute Gasteiger partial charge is 0.268 e. The summed E-state index contributed by atoms with van der Waals surface area (Å²) in [7, 11) is 0. The van der Waals surface area contributed by atoms with E-state index in [4.69, 9.17) is 0 Å². The van der Waals surface area contributed by atoms with Gasteiger partial charge < -0.3 is 0 Å². The van der Waals surface area contributed by atoms with Crippen molar-refractivity contribution in [2.24, 2.45) is 0 Å². The second-order valence-corrected chi connectivity index (χ2v) is 5.55. The van der Waals surface area contributed by atoms with Crippen molar-refractivity contribution in [2.45, 2.75) is 0 Å². The highest BCUT2D eigenvalue weighted by atomic mass is 79.9. The first-order chi connectivity index (χ1) is 10.3. The SMILES string of the molecule is O=c1c2ccccc2n2cnnc2n1-c1ccc(Br)cc1. The molecule has 0 radical (unpaired) electrons. The van der Waals surface area contributed by atoms with Gasteiger partial charge >= 0.3 is 0 Å². The predicted molar refractivity (Wildman–Crippen MR) is 83.8 cm³/mol. The van der Waals surface area contributed by atoms with Gasteiger partial charge in [0, 0.05) is 4.47 Å². The Hall–Kier alpha value is -2.47. The molecular formula is C15H9BrN4O. The number of para-hydroxylation sites is 1. The third kappa shape index (κ3) is 1.80. The zero-order valence-electron chi connectivity index (χ0n) is 10.8. The summed E-state index contributed by atoms with van der Waals surface area (Å²) in [5.41, 5.74) is 1.45. The van der Waals surface area contributed by atoms with E-state index < -0.39 is 0 Å². The third-order valence-corrected chi connectivity index (χ3v) is 3.94. The lowest BCUT2D eigenvalue weighted by atomic mass is 10.2. The number of hydrogen-bond donors (Lipinski definition) is 0. The maximum atomic E-state index is 12.8. The van der Waals surface area contributed by atoms with E-state index in [1.54, 1.807) is 10.9 Å². The van der Waals surface area contributed by atoms with Gasteiger partial charge in [-0.1, -0.05) is 28.1 Å². The van der Waals surface area contributed by atoms with Crippen LogP contribution in [0.4, 0.5) is 0 Å². The van der Waals surface area contributed by atoms with E-state index in [-0.39, 0.29) is 5.56 Å². The third-order valence-electron chi connectivity index (χ3n) is 3.41. The first-order valence-electron chi connectivity index (χ1n) is 6.35. The summed E-state index contributed by atoms with van der Waals surface area (Å²) in [6.07, 6.45) is 1.62. The molecule has 0 unspecified atom stereocenters. The molecule has 21 heavy (non-hydrogen) atoms. The van der Waals surface area contributed by atoms with Crippen LogP contribution in [-0.2, 0) is 0 Å². The molecule has 0 saturated carbocycles. The summed E-state index contributed by atoms with van der Waals surface area (Å²) in [4.78, 5) is 12.8. The smallest absolute Gasteiger partial charge is 0.267 e. The minimum absolute atomic E-state index is 0.103. The Labute approximate surface area is 127 Å². The Morgan fingerprint density at radius 2 is 1.76 bits per heavy atom. The minimum Gasteiger partial charge on any atom is -0.268 e. The lowest BCUT2D eigenvalue weighted by Gasteiger charge is -2.10. The first kappa shape index (κ1) is 12.3. The monoisotopic (exact) mass is 340 g/mol. The van der Waals surface area contributed by atoms with Gasteiger partial charge in [-0.05, 0) is 36.4 Å². The van der Waals surface area contributed by atoms with Crippen LogP contribution in [0.3, 0.4) is 0 Å². The van der Waals surface area contributed by atoms with Crippen LogP contribution >= 0.6 is 15.9 Å². The topological polar surface area (TPSA) is 52.2 Å². The number of benzene rings is 2. The van der Waals surface area contributed by atoms with Gasteiger partial charge in [-0.3, -0.25) is 9.20 Å². The summed E-state index contributed by atoms with van der Waals surface area (Å²) < 4.78 is 4.35. The van der Waals surface area contributed by atoms with Crippen LogP contribution < -0.4 is 5.56 Å². The normalized spacial score (nSPS) is 11.3. The van der Waals surface area contributed by atoms with Gasteiger partial charge in [0.05, 0.1) is 16.6 Å². The van der Waals surface area contributed by atoms with Gasteiger partial charge in [0.25, 0.3) is 5.56 Å². The number of aromatic nitrogens is 4. The van der Waals surface area contributed by atoms with Crippen molar-refractivity contribution in [3.63, 3.8) is 0 Å². The lowest BCUT2D eigenvalue weighted by molar-refractivity contribution is 0.966. The maximum Gasteiger partial charge on any atom is 0.267 e. The molecule has 0 amide bonds. The standard InChI is InChI=1S/C15H9BrN4O/c16-10-5-7-11(8-6-10)20-14(21)12-3-1-2-4-13(12)19-9-17-18-15(19)20/h1-9H. The number of fused-ring (bicyclic) bond motifs is 3. The molecule has 0 aliphatic carbocycles. The van der Waals surface area contributed by atoms with Gasteiger partial charge in [0.15, 0.2) is 0 Å². The number of nitrogens with zero attached hydrogens (tertiary/aromatic N) is 4. The average Bonchev–Trinajstić information content (AvgIpc) is 2.99. The Morgan fingerprint density at radius 1 is 1.00 bits per heavy atom. The van der Waals surface area contributed by atoms with Crippen LogP contribution in [0.15, 0.2) is 64.1 Å². The number of halogens is 1. The average molecular weight is 341 g/mol. The second-order valence-electron chi connectivity index (χ2n) is 4.64. The van der Waals surface area contributed by atoms with Gasteiger partial charge in [-0.15, -0.1) is 10.2 Å². The molecule has 2 aromatic heterocycles. The highest BCUT2D eigenvalue weighted by molar-refractivity contribution is 9.10. The van der Waals surface area contributed by atoms with Crippen molar-refractivity contribution in [2.75, 3.05) is 0 Å². The molecule has 0 spiro atoms. The van der Waals surface area contributed by atoms with Gasteiger partial charge in [-0.25, -0.2) is 4.57 Å². The van der Waals surface area contributed by atoms with E-state index in [1.807, 2.05) is 52.9 Å². The van der Waals surface area contributed by atoms with Crippen LogP contribution in [-0.4, -0.2) is 19.2 Å². The van der Waals surface area contributed by atoms with E-state index in [0.717, 1.165) is 15.7 Å². The maximum absolute atomic E-state index is 12.8. The molecule has 0 fully saturated rings. The molecule has 4 rings (SSSR count). The van der Waals surface area contributed by atoms with Crippen LogP contribution in [0.5, 0.6) is 0 Å². The van der Waals surface area contributed by atoms with Crippen molar-refractivity contribution in [1.82, 2.24) is 19.2 Å². The summed E-state index contributed by atoms with van der Waals surface area (Å²) in [6, 6.07) is 15.0. The van der Waals surface area contributed by atoms with Gasteiger partial charge in [-0.2, -0.15) is 0 Å². The highest BCUT2D eigenvalue weighted by Gasteiger charge is 2.13. The highest BCUT2D eigenvalue weighted by Crippen LogP contribution is 2.17. The predicted octanol–water partition coefficient (Wildman–Crippen LogP) is 2.80. The lowest BCUT2D eigenvalue weighted by Crippen LogP contribution is -2.21. The molecule has 0 N–H and O–H groups in total. The molecule has 2 heterocycles. The molecule has 4 aromatic rings. The fraction of sp³-hybridized carbons (Fsp3) is 0. The second kappa shape index (κ2) is 4.53. The fourth-order valence-electron chi connectivity index (χ4n) is 2.45. The Morgan fingerprint density at radius 3 is 2.57 bits per heavy atom. The number of rotatable bonds is 1. The van der Waals surface area contributed by atoms with Crippen molar-refractivity contribution in [1.29, 1.82) is 0 Å². The van der Waals surface area contributed by atoms with Crippen LogP contribution in [0.25, 0.3) is 22.4 Å².